The van der Waals surface area contributed by atoms with Crippen molar-refractivity contribution in [2.45, 2.75) is 24.9 Å². The average Bonchev–Trinajstić information content (AvgIpc) is 2.20. The zero-order valence-corrected chi connectivity index (χ0v) is 6.08. The van der Waals surface area contributed by atoms with Gasteiger partial charge in [0.05, 0.1) is 0 Å². The van der Waals surface area contributed by atoms with Gasteiger partial charge in [-0.15, -0.1) is 0 Å². The third kappa shape index (κ3) is 0.721. The number of Topliss-reactive ketones (excluding diaryl/α,β-unsaturated/α-hetero) is 1. The van der Waals surface area contributed by atoms with Crippen LogP contribution in [0.3, 0.4) is 0 Å². The maximum Gasteiger partial charge on any atom is 0.136 e. The van der Waals surface area contributed by atoms with E-state index in [1.54, 1.807) is 0 Å². The Kier molecular flexibility index (Phi) is 1.17. The average molecular weight is 137 g/mol. The molecule has 1 saturated heterocycles. The van der Waals surface area contributed by atoms with Crippen LogP contribution in [0.25, 0.3) is 0 Å². The van der Waals surface area contributed by atoms with Gasteiger partial charge < -0.3 is 0 Å². The van der Waals surface area contributed by atoms with E-state index in [0.29, 0.717) is 17.9 Å². The van der Waals surface area contributed by atoms with Gasteiger partial charge in [-0.05, 0) is 7.05 Å². The Morgan fingerprint density at radius 3 is 2.40 bits per heavy atom. The van der Waals surface area contributed by atoms with Crippen LogP contribution in [0, 0.1) is 0 Å². The largest absolute Gasteiger partial charge is 0.300 e. The Balaban J connectivity index is 2.22. The Hall–Kier alpha value is -0.630. The van der Waals surface area contributed by atoms with E-state index < -0.39 is 0 Å². The van der Waals surface area contributed by atoms with Crippen molar-refractivity contribution >= 4 is 5.78 Å². The number of piperidine rings is 1. The van der Waals surface area contributed by atoms with Gasteiger partial charge >= 0.3 is 0 Å². The van der Waals surface area contributed by atoms with Crippen LogP contribution in [0.2, 0.25) is 0 Å². The molecule has 2 heterocycles. The number of hydrogen-bond acceptors (Lipinski definition) is 2. The second-order valence-corrected chi connectivity index (χ2v) is 3.13. The molecule has 0 spiro atoms. The monoisotopic (exact) mass is 137 g/mol. The van der Waals surface area contributed by atoms with Gasteiger partial charge in [0.1, 0.15) is 5.78 Å². The highest BCUT2D eigenvalue weighted by Gasteiger charge is 2.33. The summed E-state index contributed by atoms with van der Waals surface area (Å²) in [6, 6.07) is 0.817. The summed E-state index contributed by atoms with van der Waals surface area (Å²) in [6.45, 7) is 0. The maximum atomic E-state index is 11.0. The summed E-state index contributed by atoms with van der Waals surface area (Å²) in [5.74, 6) is 0.415. The lowest BCUT2D eigenvalue weighted by molar-refractivity contribution is -0.122. The number of hydrogen-bond donors (Lipinski definition) is 0. The molecule has 0 N–H and O–H groups in total. The fourth-order valence-electron chi connectivity index (χ4n) is 1.75. The van der Waals surface area contributed by atoms with E-state index in [4.69, 9.17) is 0 Å². The van der Waals surface area contributed by atoms with Gasteiger partial charge in [-0.2, -0.15) is 0 Å². The van der Waals surface area contributed by atoms with E-state index in [1.165, 1.54) is 0 Å². The van der Waals surface area contributed by atoms with E-state index in [1.807, 2.05) is 0 Å². The molecule has 2 atom stereocenters. The summed E-state index contributed by atoms with van der Waals surface area (Å²) in [5.41, 5.74) is 0. The molecular weight excluding hydrogens is 126 g/mol. The van der Waals surface area contributed by atoms with Gasteiger partial charge in [0, 0.05) is 24.9 Å². The lowest BCUT2D eigenvalue weighted by atomic mass is 10.0. The zero-order chi connectivity index (χ0) is 7.14. The normalized spacial score (nSPS) is 39.1. The summed E-state index contributed by atoms with van der Waals surface area (Å²) in [6.07, 6.45) is 5.75. The first-order chi connectivity index (χ1) is 4.77. The number of carbonyl (C=O) groups is 1. The number of ketones is 1. The first-order valence-electron chi connectivity index (χ1n) is 3.69. The first-order valence-corrected chi connectivity index (χ1v) is 3.69. The van der Waals surface area contributed by atoms with Gasteiger partial charge in [0.15, 0.2) is 0 Å². The van der Waals surface area contributed by atoms with Crippen molar-refractivity contribution < 1.29 is 4.79 Å². The van der Waals surface area contributed by atoms with Crippen LogP contribution in [-0.4, -0.2) is 29.8 Å². The first kappa shape index (κ1) is 6.10. The van der Waals surface area contributed by atoms with Crippen LogP contribution in [0.15, 0.2) is 12.2 Å². The molecule has 0 unspecified atom stereocenters. The van der Waals surface area contributed by atoms with Crippen molar-refractivity contribution in [2.24, 2.45) is 0 Å². The van der Waals surface area contributed by atoms with Crippen molar-refractivity contribution in [2.75, 3.05) is 7.05 Å². The standard InChI is InChI=1S/C8H11NO/c1-9-6-2-3-7(9)5-8(10)4-6/h2-3,6-7H,4-5H2,1H3/t6-,7+. The molecule has 1 fully saturated rings. The third-order valence-corrected chi connectivity index (χ3v) is 2.48. The predicted octanol–water partition coefficient (Wildman–Crippen LogP) is 0.588. The Bertz CT molecular complexity index is 179. The highest BCUT2D eigenvalue weighted by molar-refractivity contribution is 5.81. The molecule has 2 nitrogen and oxygen atoms in total. The number of carbonyl (C=O) groups excluding carboxylic acids is 1. The fourth-order valence-corrected chi connectivity index (χ4v) is 1.75. The zero-order valence-electron chi connectivity index (χ0n) is 6.08. The smallest absolute Gasteiger partial charge is 0.136 e. The van der Waals surface area contributed by atoms with E-state index in [-0.39, 0.29) is 0 Å². The van der Waals surface area contributed by atoms with Gasteiger partial charge in [-0.1, -0.05) is 12.2 Å². The van der Waals surface area contributed by atoms with Crippen molar-refractivity contribution in [3.8, 4) is 0 Å². The minimum Gasteiger partial charge on any atom is -0.300 e. The lowest BCUT2D eigenvalue weighted by Gasteiger charge is -2.29. The van der Waals surface area contributed by atoms with E-state index in [2.05, 4.69) is 24.1 Å². The molecule has 0 amide bonds. The summed E-state index contributed by atoms with van der Waals surface area (Å²) < 4.78 is 0. The van der Waals surface area contributed by atoms with E-state index in [0.717, 1.165) is 12.8 Å². The number of fused-ring (bicyclic) bond motifs is 2. The van der Waals surface area contributed by atoms with Crippen molar-refractivity contribution in [3.63, 3.8) is 0 Å². The minimum absolute atomic E-state index is 0.409. The molecule has 0 aromatic rings. The molecule has 0 aromatic heterocycles. The highest BCUT2D eigenvalue weighted by atomic mass is 16.1. The number of nitrogens with zero attached hydrogens (tertiary/aromatic N) is 1. The van der Waals surface area contributed by atoms with Crippen molar-refractivity contribution in [1.29, 1.82) is 0 Å². The van der Waals surface area contributed by atoms with Crippen LogP contribution in [-0.2, 0) is 4.79 Å². The molecule has 0 aliphatic carbocycles. The van der Waals surface area contributed by atoms with Crippen LogP contribution in [0.4, 0.5) is 0 Å². The lowest BCUT2D eigenvalue weighted by Crippen LogP contribution is -2.40. The molecule has 0 saturated carbocycles. The van der Waals surface area contributed by atoms with E-state index in [9.17, 15) is 4.79 Å². The predicted molar refractivity (Wildman–Crippen MR) is 38.7 cm³/mol. The molecule has 2 aliphatic rings. The Labute approximate surface area is 60.5 Å². The Morgan fingerprint density at radius 1 is 1.40 bits per heavy atom. The van der Waals surface area contributed by atoms with Crippen LogP contribution < -0.4 is 0 Å². The summed E-state index contributed by atoms with van der Waals surface area (Å²) in [4.78, 5) is 13.3. The Morgan fingerprint density at radius 2 is 1.90 bits per heavy atom. The topological polar surface area (TPSA) is 20.3 Å². The third-order valence-electron chi connectivity index (χ3n) is 2.48. The molecule has 54 valence electrons. The molecule has 0 radical (unpaired) electrons. The molecule has 0 aromatic carbocycles. The fraction of sp³-hybridized carbons (Fsp3) is 0.625. The highest BCUT2D eigenvalue weighted by Crippen LogP contribution is 2.25. The second kappa shape index (κ2) is 1.92. The number of likely N-dealkylation sites (N-methyl/N-ethyl adjacent to an activating group) is 1. The second-order valence-electron chi connectivity index (χ2n) is 3.13. The molecule has 2 rings (SSSR count). The molecule has 2 bridgehead atoms. The van der Waals surface area contributed by atoms with E-state index >= 15 is 0 Å². The van der Waals surface area contributed by atoms with Crippen LogP contribution in [0.1, 0.15) is 12.8 Å². The molecular formula is C8H11NO. The van der Waals surface area contributed by atoms with Crippen molar-refractivity contribution in [3.05, 3.63) is 12.2 Å². The molecule has 10 heavy (non-hydrogen) atoms. The summed E-state index contributed by atoms with van der Waals surface area (Å²) in [5, 5.41) is 0. The van der Waals surface area contributed by atoms with Gasteiger partial charge in [-0.25, -0.2) is 0 Å². The van der Waals surface area contributed by atoms with Gasteiger partial charge in [0.2, 0.25) is 0 Å². The van der Waals surface area contributed by atoms with Crippen molar-refractivity contribution in [1.82, 2.24) is 4.90 Å². The van der Waals surface area contributed by atoms with Gasteiger partial charge in [0.25, 0.3) is 0 Å². The number of rotatable bonds is 0. The SMILES string of the molecule is CN1[C@@H]2C=C[C@H]1CC(=O)C2. The minimum atomic E-state index is 0.409. The van der Waals surface area contributed by atoms with Crippen LogP contribution >= 0.6 is 0 Å². The summed E-state index contributed by atoms with van der Waals surface area (Å²) in [7, 11) is 2.09. The molecule has 2 heteroatoms. The quantitative estimate of drug-likeness (QED) is 0.455. The molecule has 2 aliphatic heterocycles. The summed E-state index contributed by atoms with van der Waals surface area (Å²) >= 11 is 0. The van der Waals surface area contributed by atoms with Crippen LogP contribution in [0.5, 0.6) is 0 Å². The van der Waals surface area contributed by atoms with Gasteiger partial charge in [-0.3, -0.25) is 9.69 Å². The maximum absolute atomic E-state index is 11.0.